The van der Waals surface area contributed by atoms with Crippen LogP contribution < -0.4 is 10.6 Å². The number of tetrazole rings is 1. The van der Waals surface area contributed by atoms with Crippen LogP contribution in [0, 0.1) is 21.4 Å². The number of halogens is 3. The first-order valence-electron chi connectivity index (χ1n) is 12.1. The summed E-state index contributed by atoms with van der Waals surface area (Å²) in [5.74, 6) is 0.213. The lowest BCUT2D eigenvalue weighted by molar-refractivity contribution is -0.384. The van der Waals surface area contributed by atoms with Crippen molar-refractivity contribution in [3.8, 4) is 6.07 Å². The quantitative estimate of drug-likeness (QED) is 0.347. The number of nitrogens with zero attached hydrogens (tertiary/aromatic N) is 6. The Balaban J connectivity index is 2.02. The number of amides is 1. The second kappa shape index (κ2) is 11.6. The molecular weight excluding hydrogens is 509 g/mol. The van der Waals surface area contributed by atoms with E-state index in [2.05, 4.69) is 26.2 Å². The Kier molecular flexibility index (Phi) is 8.74. The van der Waals surface area contributed by atoms with Crippen LogP contribution in [-0.2, 0) is 30.3 Å². The van der Waals surface area contributed by atoms with E-state index >= 15 is 0 Å². The number of rotatable bonds is 9. The second-order valence-electron chi connectivity index (χ2n) is 9.82. The lowest BCUT2D eigenvalue weighted by atomic mass is 9.85. The van der Waals surface area contributed by atoms with Crippen molar-refractivity contribution >= 4 is 17.5 Å². The number of carbonyl (C=O) groups is 1. The number of fused-ring (bicyclic) bond motifs is 1. The summed E-state index contributed by atoms with van der Waals surface area (Å²) in [6.07, 6.45) is -3.77. The summed E-state index contributed by atoms with van der Waals surface area (Å²) < 4.78 is 48.0. The number of nitro groups is 1. The Morgan fingerprint density at radius 3 is 2.58 bits per heavy atom. The first-order valence-corrected chi connectivity index (χ1v) is 12.1. The largest absolute Gasteiger partial charge is 0.444 e. The lowest BCUT2D eigenvalue weighted by Gasteiger charge is -2.27. The van der Waals surface area contributed by atoms with Gasteiger partial charge in [0.25, 0.3) is 5.69 Å². The van der Waals surface area contributed by atoms with Crippen molar-refractivity contribution in [2.45, 2.75) is 83.7 Å². The Morgan fingerprint density at radius 1 is 1.29 bits per heavy atom. The molecule has 0 bridgehead atoms. The van der Waals surface area contributed by atoms with Crippen LogP contribution in [0.1, 0.15) is 75.0 Å². The molecule has 1 aliphatic rings. The van der Waals surface area contributed by atoms with Crippen LogP contribution in [0.3, 0.4) is 0 Å². The van der Waals surface area contributed by atoms with Crippen molar-refractivity contribution < 1.29 is 27.6 Å². The van der Waals surface area contributed by atoms with E-state index in [4.69, 9.17) is 10.00 Å². The van der Waals surface area contributed by atoms with Crippen molar-refractivity contribution in [1.82, 2.24) is 25.5 Å². The maximum absolute atomic E-state index is 13.8. The summed E-state index contributed by atoms with van der Waals surface area (Å²) in [4.78, 5) is 23.2. The third-order valence-corrected chi connectivity index (χ3v) is 5.86. The van der Waals surface area contributed by atoms with Crippen molar-refractivity contribution in [1.29, 1.82) is 5.26 Å². The number of aryl methyl sites for hydroxylation is 1. The molecule has 206 valence electrons. The molecule has 1 atom stereocenters. The highest BCUT2D eigenvalue weighted by atomic mass is 19.4. The van der Waals surface area contributed by atoms with Gasteiger partial charge in [-0.1, -0.05) is 0 Å². The van der Waals surface area contributed by atoms with Gasteiger partial charge in [0.05, 0.1) is 35.6 Å². The molecule has 1 aromatic heterocycles. The number of alkyl halides is 3. The summed E-state index contributed by atoms with van der Waals surface area (Å²) in [5, 5.41) is 38.0. The molecule has 38 heavy (non-hydrogen) atoms. The molecule has 3 rings (SSSR count). The number of carbonyl (C=O) groups excluding carboxylic acids is 1. The Bertz CT molecular complexity index is 1220. The molecule has 1 unspecified atom stereocenters. The van der Waals surface area contributed by atoms with Crippen LogP contribution in [-0.4, -0.2) is 43.4 Å². The van der Waals surface area contributed by atoms with Crippen molar-refractivity contribution in [2.24, 2.45) is 0 Å². The van der Waals surface area contributed by atoms with Crippen molar-refractivity contribution in [2.75, 3.05) is 11.9 Å². The van der Waals surface area contributed by atoms with Gasteiger partial charge >= 0.3 is 12.3 Å². The molecule has 1 amide bonds. The Labute approximate surface area is 216 Å². The highest BCUT2D eigenvalue weighted by molar-refractivity contribution is 5.72. The zero-order valence-electron chi connectivity index (χ0n) is 21.3. The van der Waals surface area contributed by atoms with Crippen LogP contribution in [0.5, 0.6) is 0 Å². The summed E-state index contributed by atoms with van der Waals surface area (Å²) in [7, 11) is 0. The average molecular weight is 539 g/mol. The summed E-state index contributed by atoms with van der Waals surface area (Å²) in [6.45, 7) is 5.27. The predicted molar refractivity (Wildman–Crippen MR) is 128 cm³/mol. The Hall–Kier alpha value is -3.96. The molecule has 2 aromatic rings. The van der Waals surface area contributed by atoms with E-state index < -0.39 is 40.1 Å². The fourth-order valence-corrected chi connectivity index (χ4v) is 4.34. The minimum Gasteiger partial charge on any atom is -0.444 e. The van der Waals surface area contributed by atoms with Crippen molar-refractivity contribution in [3.63, 3.8) is 0 Å². The van der Waals surface area contributed by atoms with Gasteiger partial charge in [-0.25, -0.2) is 9.48 Å². The molecule has 1 aromatic carbocycles. The standard InChI is InChI=1S/C23H29F3N8O4/c1-22(2,3)38-21(35)28-11-9-17(20-30-31-32-33(20)12-6-10-27)29-19-15-8-5-4-7-14(15)16(23(24,25)26)13-18(19)34(36)37/h13,17,29H,4-9,11-12H2,1-3H3,(H,28,35). The monoisotopic (exact) mass is 538 g/mol. The number of ether oxygens (including phenoxy) is 1. The normalized spacial score (nSPS) is 14.2. The third-order valence-electron chi connectivity index (χ3n) is 5.86. The van der Waals surface area contributed by atoms with Gasteiger partial charge in [-0.2, -0.15) is 18.4 Å². The topological polar surface area (TPSA) is 161 Å². The van der Waals surface area contributed by atoms with Crippen LogP contribution >= 0.6 is 0 Å². The molecule has 0 aliphatic heterocycles. The molecule has 2 N–H and O–H groups in total. The highest BCUT2D eigenvalue weighted by Gasteiger charge is 2.39. The lowest BCUT2D eigenvalue weighted by Crippen LogP contribution is -2.34. The maximum Gasteiger partial charge on any atom is 0.416 e. The molecule has 0 saturated heterocycles. The number of nitriles is 1. The average Bonchev–Trinajstić information content (AvgIpc) is 3.28. The van der Waals surface area contributed by atoms with Gasteiger partial charge in [0.2, 0.25) is 0 Å². The number of benzene rings is 1. The van der Waals surface area contributed by atoms with Crippen LogP contribution in [0.15, 0.2) is 6.07 Å². The zero-order valence-corrected chi connectivity index (χ0v) is 21.3. The van der Waals surface area contributed by atoms with Crippen molar-refractivity contribution in [3.05, 3.63) is 38.7 Å². The fourth-order valence-electron chi connectivity index (χ4n) is 4.34. The van der Waals surface area contributed by atoms with Gasteiger partial charge in [-0.05, 0) is 74.4 Å². The molecule has 15 heteroatoms. The number of hydrogen-bond donors (Lipinski definition) is 2. The second-order valence-corrected chi connectivity index (χ2v) is 9.82. The SMILES string of the molecule is CC(C)(C)OC(=O)NCCC(Nc1c([N+](=O)[O-])cc(C(F)(F)F)c2c1CCCC2)c1nnnn1CCC#N. The van der Waals surface area contributed by atoms with Gasteiger partial charge in [0.15, 0.2) is 5.82 Å². The highest BCUT2D eigenvalue weighted by Crippen LogP contribution is 2.45. The molecular formula is C23H29F3N8O4. The van der Waals surface area contributed by atoms with E-state index in [9.17, 15) is 28.1 Å². The Morgan fingerprint density at radius 2 is 1.97 bits per heavy atom. The molecule has 1 aliphatic carbocycles. The van der Waals surface area contributed by atoms with Crippen LogP contribution in [0.25, 0.3) is 0 Å². The van der Waals surface area contributed by atoms with Gasteiger partial charge in [-0.15, -0.1) is 5.10 Å². The molecule has 0 spiro atoms. The number of hydrogen-bond acceptors (Lipinski definition) is 9. The minimum atomic E-state index is -4.75. The van der Waals surface area contributed by atoms with E-state index in [1.54, 1.807) is 20.8 Å². The summed E-state index contributed by atoms with van der Waals surface area (Å²) >= 11 is 0. The van der Waals surface area contributed by atoms with E-state index in [1.807, 2.05) is 6.07 Å². The number of aromatic nitrogens is 4. The van der Waals surface area contributed by atoms with E-state index in [0.29, 0.717) is 18.9 Å². The number of nitro benzene ring substituents is 1. The molecule has 0 radical (unpaired) electrons. The first kappa shape index (κ1) is 28.6. The maximum atomic E-state index is 13.8. The van der Waals surface area contributed by atoms with E-state index in [1.165, 1.54) is 4.68 Å². The van der Waals surface area contributed by atoms with Gasteiger partial charge in [0.1, 0.15) is 11.3 Å². The number of anilines is 1. The smallest absolute Gasteiger partial charge is 0.416 e. The summed E-state index contributed by atoms with van der Waals surface area (Å²) in [5.41, 5.74) is -2.21. The molecule has 12 nitrogen and oxygen atoms in total. The van der Waals surface area contributed by atoms with Crippen LogP contribution in [0.2, 0.25) is 0 Å². The van der Waals surface area contributed by atoms with E-state index in [-0.39, 0.29) is 61.4 Å². The van der Waals surface area contributed by atoms with Crippen LogP contribution in [0.4, 0.5) is 29.3 Å². The number of nitrogens with one attached hydrogen (secondary N) is 2. The van der Waals surface area contributed by atoms with Gasteiger partial charge in [0, 0.05) is 12.6 Å². The fraction of sp³-hybridized carbons (Fsp3) is 0.609. The third kappa shape index (κ3) is 7.08. The minimum absolute atomic E-state index is 0.0326. The van der Waals surface area contributed by atoms with Gasteiger partial charge in [-0.3, -0.25) is 10.1 Å². The predicted octanol–water partition coefficient (Wildman–Crippen LogP) is 4.46. The van der Waals surface area contributed by atoms with E-state index in [0.717, 1.165) is 0 Å². The summed E-state index contributed by atoms with van der Waals surface area (Å²) in [6, 6.07) is 1.70. The number of alkyl carbamates (subject to hydrolysis) is 1. The zero-order chi connectivity index (χ0) is 28.1. The molecule has 0 saturated carbocycles. The van der Waals surface area contributed by atoms with Gasteiger partial charge < -0.3 is 15.4 Å². The first-order chi connectivity index (χ1) is 17.8. The molecule has 0 fully saturated rings. The molecule has 1 heterocycles.